The zero-order chi connectivity index (χ0) is 16.8. The van der Waals surface area contributed by atoms with E-state index >= 15 is 0 Å². The third-order valence-corrected chi connectivity index (χ3v) is 3.87. The predicted molar refractivity (Wildman–Crippen MR) is 95.0 cm³/mol. The van der Waals surface area contributed by atoms with Crippen molar-refractivity contribution in [1.29, 1.82) is 0 Å². The fourth-order valence-electron chi connectivity index (χ4n) is 2.77. The minimum Gasteiger partial charge on any atom is -0.492 e. The van der Waals surface area contributed by atoms with Gasteiger partial charge in [0.25, 0.3) is 0 Å². The molecule has 0 amide bonds. The summed E-state index contributed by atoms with van der Waals surface area (Å²) in [5, 5.41) is 0. The van der Waals surface area contributed by atoms with E-state index in [9.17, 15) is 0 Å². The maximum atomic E-state index is 6.05. The molecule has 0 bridgehead atoms. The van der Waals surface area contributed by atoms with Gasteiger partial charge < -0.3 is 14.2 Å². The summed E-state index contributed by atoms with van der Waals surface area (Å²) >= 11 is 0. The summed E-state index contributed by atoms with van der Waals surface area (Å²) < 4.78 is 17.7. The first-order valence-corrected chi connectivity index (χ1v) is 8.04. The quantitative estimate of drug-likeness (QED) is 0.654. The summed E-state index contributed by atoms with van der Waals surface area (Å²) in [4.78, 5) is 0. The minimum atomic E-state index is 0.000257. The molecular weight excluding hydrogens is 288 g/mol. The van der Waals surface area contributed by atoms with Crippen molar-refractivity contribution in [2.45, 2.75) is 38.6 Å². The molecule has 0 aromatic heterocycles. The minimum absolute atomic E-state index is 0.000257. The third kappa shape index (κ3) is 4.26. The number of ether oxygens (including phenoxy) is 3. The fourth-order valence-corrected chi connectivity index (χ4v) is 2.77. The van der Waals surface area contributed by atoms with Crippen LogP contribution in [-0.2, 0) is 4.74 Å². The highest BCUT2D eigenvalue weighted by atomic mass is 16.5. The summed E-state index contributed by atoms with van der Waals surface area (Å²) in [6.07, 6.45) is 6.51. The molecule has 2 rings (SSSR count). The summed E-state index contributed by atoms with van der Waals surface area (Å²) in [7, 11) is 0. The highest BCUT2D eigenvalue weighted by Crippen LogP contribution is 2.33. The molecule has 1 aromatic rings. The second-order valence-corrected chi connectivity index (χ2v) is 5.96. The second kappa shape index (κ2) is 8.02. The van der Waals surface area contributed by atoms with Crippen molar-refractivity contribution in [2.75, 3.05) is 6.61 Å². The molecule has 0 N–H and O–H groups in total. The van der Waals surface area contributed by atoms with Gasteiger partial charge in [-0.05, 0) is 32.4 Å². The van der Waals surface area contributed by atoms with Gasteiger partial charge in [0.1, 0.15) is 11.5 Å². The van der Waals surface area contributed by atoms with Crippen molar-refractivity contribution < 1.29 is 14.2 Å². The Morgan fingerprint density at radius 1 is 1.22 bits per heavy atom. The summed E-state index contributed by atoms with van der Waals surface area (Å²) in [6, 6.07) is 5.81. The molecule has 0 radical (unpaired) electrons. The molecule has 1 aliphatic heterocycles. The van der Waals surface area contributed by atoms with E-state index in [1.165, 1.54) is 0 Å². The first kappa shape index (κ1) is 17.4. The van der Waals surface area contributed by atoms with Crippen LogP contribution in [0.2, 0.25) is 0 Å². The summed E-state index contributed by atoms with van der Waals surface area (Å²) in [5.74, 6) is 1.84. The largest absolute Gasteiger partial charge is 0.492 e. The molecule has 1 saturated heterocycles. The number of hydrogen-bond acceptors (Lipinski definition) is 3. The predicted octanol–water partition coefficient (Wildman–Crippen LogP) is 4.64. The van der Waals surface area contributed by atoms with E-state index in [1.807, 2.05) is 44.2 Å². The molecule has 3 unspecified atom stereocenters. The lowest BCUT2D eigenvalue weighted by Crippen LogP contribution is -2.20. The van der Waals surface area contributed by atoms with Gasteiger partial charge >= 0.3 is 0 Å². The van der Waals surface area contributed by atoms with E-state index in [2.05, 4.69) is 19.7 Å². The first-order valence-electron chi connectivity index (χ1n) is 8.04. The Hall–Kier alpha value is -2.00. The van der Waals surface area contributed by atoms with Crippen molar-refractivity contribution in [2.24, 2.45) is 5.92 Å². The molecular formula is C20H26O3. The number of hydrogen-bond donors (Lipinski definition) is 0. The lowest BCUT2D eigenvalue weighted by atomic mass is 10.0. The average Bonchev–Trinajstić information content (AvgIpc) is 2.94. The summed E-state index contributed by atoms with van der Waals surface area (Å²) in [6.45, 7) is 16.1. The van der Waals surface area contributed by atoms with Gasteiger partial charge in [-0.15, -0.1) is 13.2 Å². The molecule has 1 aromatic carbocycles. The van der Waals surface area contributed by atoms with Crippen LogP contribution in [0.25, 0.3) is 6.08 Å². The van der Waals surface area contributed by atoms with Gasteiger partial charge in [-0.3, -0.25) is 0 Å². The molecule has 124 valence electrons. The topological polar surface area (TPSA) is 27.7 Å². The van der Waals surface area contributed by atoms with Crippen molar-refractivity contribution in [3.8, 4) is 11.5 Å². The Labute approximate surface area is 139 Å². The van der Waals surface area contributed by atoms with Gasteiger partial charge in [0.15, 0.2) is 0 Å². The Bertz CT molecular complexity index is 562. The van der Waals surface area contributed by atoms with Crippen LogP contribution in [0.4, 0.5) is 0 Å². The second-order valence-electron chi connectivity index (χ2n) is 5.96. The third-order valence-electron chi connectivity index (χ3n) is 3.87. The smallest absolute Gasteiger partial charge is 0.130 e. The van der Waals surface area contributed by atoms with Gasteiger partial charge in [0, 0.05) is 5.92 Å². The van der Waals surface area contributed by atoms with E-state index in [4.69, 9.17) is 14.2 Å². The van der Waals surface area contributed by atoms with Crippen LogP contribution >= 0.6 is 0 Å². The van der Waals surface area contributed by atoms with Crippen LogP contribution in [0.15, 0.2) is 50.1 Å². The lowest BCUT2D eigenvalue weighted by molar-refractivity contribution is 0.0805. The normalized spacial score (nSPS) is 23.5. The number of benzene rings is 1. The van der Waals surface area contributed by atoms with E-state index in [0.717, 1.165) is 23.5 Å². The zero-order valence-corrected chi connectivity index (χ0v) is 14.0. The van der Waals surface area contributed by atoms with E-state index in [1.54, 1.807) is 6.08 Å². The standard InChI is InChI=1S/C20H26O3/c1-6-16-12-15(18(8-3)23-16)13-21-19-10-9-11-20(17(19)7-2)22-14(4)5/h6-11,14-16,18H,1-3,12-13H2,4-5H3. The Balaban J connectivity index is 2.09. The van der Waals surface area contributed by atoms with E-state index < -0.39 is 0 Å². The average molecular weight is 314 g/mol. The van der Waals surface area contributed by atoms with E-state index in [0.29, 0.717) is 6.61 Å². The molecule has 3 atom stereocenters. The van der Waals surface area contributed by atoms with Crippen molar-refractivity contribution >= 4 is 6.08 Å². The Kier molecular flexibility index (Phi) is 6.05. The van der Waals surface area contributed by atoms with Crippen LogP contribution in [-0.4, -0.2) is 24.9 Å². The molecule has 1 heterocycles. The molecule has 3 nitrogen and oxygen atoms in total. The van der Waals surface area contributed by atoms with Crippen LogP contribution in [0.5, 0.6) is 11.5 Å². The van der Waals surface area contributed by atoms with Gasteiger partial charge in [0.2, 0.25) is 0 Å². The van der Waals surface area contributed by atoms with Gasteiger partial charge in [-0.2, -0.15) is 0 Å². The van der Waals surface area contributed by atoms with Gasteiger partial charge in [0.05, 0.1) is 30.5 Å². The van der Waals surface area contributed by atoms with Crippen molar-refractivity contribution in [3.63, 3.8) is 0 Å². The molecule has 3 heteroatoms. The summed E-state index contributed by atoms with van der Waals surface area (Å²) in [5.41, 5.74) is 0.885. The maximum absolute atomic E-state index is 6.05. The van der Waals surface area contributed by atoms with E-state index in [-0.39, 0.29) is 24.2 Å². The number of rotatable bonds is 8. The molecule has 0 spiro atoms. The lowest BCUT2D eigenvalue weighted by Gasteiger charge is -2.19. The highest BCUT2D eigenvalue weighted by molar-refractivity contribution is 5.63. The van der Waals surface area contributed by atoms with Crippen LogP contribution in [0.3, 0.4) is 0 Å². The molecule has 1 fully saturated rings. The SMILES string of the molecule is C=Cc1c(OCC2CC(C=C)OC2C=C)cccc1OC(C)C. The van der Waals surface area contributed by atoms with Gasteiger partial charge in [-0.1, -0.05) is 30.9 Å². The highest BCUT2D eigenvalue weighted by Gasteiger charge is 2.32. The van der Waals surface area contributed by atoms with Crippen LogP contribution < -0.4 is 9.47 Å². The molecule has 23 heavy (non-hydrogen) atoms. The first-order chi connectivity index (χ1) is 11.1. The van der Waals surface area contributed by atoms with Crippen LogP contribution in [0, 0.1) is 5.92 Å². The van der Waals surface area contributed by atoms with Crippen molar-refractivity contribution in [1.82, 2.24) is 0 Å². The Morgan fingerprint density at radius 2 is 1.96 bits per heavy atom. The van der Waals surface area contributed by atoms with Gasteiger partial charge in [-0.25, -0.2) is 0 Å². The zero-order valence-electron chi connectivity index (χ0n) is 14.0. The monoisotopic (exact) mass is 314 g/mol. The van der Waals surface area contributed by atoms with Crippen molar-refractivity contribution in [3.05, 3.63) is 55.7 Å². The Morgan fingerprint density at radius 3 is 2.57 bits per heavy atom. The maximum Gasteiger partial charge on any atom is 0.130 e. The fraction of sp³-hybridized carbons (Fsp3) is 0.400. The van der Waals surface area contributed by atoms with Crippen LogP contribution in [0.1, 0.15) is 25.8 Å². The molecule has 1 aliphatic rings. The molecule has 0 saturated carbocycles. The molecule has 0 aliphatic carbocycles.